The second-order valence-electron chi connectivity index (χ2n) is 7.45. The Labute approximate surface area is 170 Å². The average Bonchev–Trinajstić information content (AvgIpc) is 2.72. The maximum Gasteiger partial charge on any atom is 0.434 e. The van der Waals surface area contributed by atoms with Crippen LogP contribution in [0.3, 0.4) is 0 Å². The highest BCUT2D eigenvalue weighted by Crippen LogP contribution is 2.30. The van der Waals surface area contributed by atoms with E-state index in [2.05, 4.69) is 9.97 Å². The molecule has 1 N–H and O–H groups in total. The summed E-state index contributed by atoms with van der Waals surface area (Å²) < 4.78 is 48.3. The highest BCUT2D eigenvalue weighted by Gasteiger charge is 2.38. The summed E-state index contributed by atoms with van der Waals surface area (Å²) in [6, 6.07) is 6.84. The zero-order chi connectivity index (χ0) is 21.4. The van der Waals surface area contributed by atoms with Crippen LogP contribution in [0, 0.1) is 0 Å². The maximum absolute atomic E-state index is 12.7. The van der Waals surface area contributed by atoms with Gasteiger partial charge in [0.25, 0.3) is 5.91 Å². The Kier molecular flexibility index (Phi) is 5.37. The lowest BCUT2D eigenvalue weighted by Crippen LogP contribution is -2.46. The number of aliphatic hydroxyl groups is 1. The summed E-state index contributed by atoms with van der Waals surface area (Å²) >= 11 is 0. The Balaban J connectivity index is 1.30. The molecule has 2 aromatic rings. The van der Waals surface area contributed by atoms with Crippen LogP contribution in [0.1, 0.15) is 34.5 Å². The van der Waals surface area contributed by atoms with Crippen molar-refractivity contribution in [3.05, 3.63) is 53.5 Å². The van der Waals surface area contributed by atoms with Gasteiger partial charge in [-0.3, -0.25) is 4.79 Å². The third-order valence-corrected chi connectivity index (χ3v) is 5.29. The van der Waals surface area contributed by atoms with E-state index in [0.717, 1.165) is 11.8 Å². The number of aromatic nitrogens is 2. The van der Waals surface area contributed by atoms with E-state index in [1.165, 1.54) is 0 Å². The molecule has 2 aliphatic heterocycles. The van der Waals surface area contributed by atoms with Crippen LogP contribution in [-0.4, -0.2) is 58.3 Å². The molecule has 3 heterocycles. The number of amides is 1. The van der Waals surface area contributed by atoms with Gasteiger partial charge in [-0.15, -0.1) is 0 Å². The van der Waals surface area contributed by atoms with E-state index >= 15 is 0 Å². The Morgan fingerprint density at radius 2 is 1.80 bits per heavy atom. The van der Waals surface area contributed by atoms with Crippen LogP contribution in [0.4, 0.5) is 13.2 Å². The number of rotatable bonds is 4. The van der Waals surface area contributed by atoms with Crippen molar-refractivity contribution in [1.82, 2.24) is 14.9 Å². The van der Waals surface area contributed by atoms with Crippen LogP contribution in [0.5, 0.6) is 5.88 Å². The molecule has 2 aliphatic rings. The molecule has 1 aromatic heterocycles. The largest absolute Gasteiger partial charge is 0.473 e. The van der Waals surface area contributed by atoms with Gasteiger partial charge in [-0.25, -0.2) is 9.97 Å². The molecular formula is C20H20F3N3O4. The lowest BCUT2D eigenvalue weighted by molar-refractivity contribution is -0.184. The van der Waals surface area contributed by atoms with E-state index in [4.69, 9.17) is 9.47 Å². The second-order valence-corrected chi connectivity index (χ2v) is 7.45. The van der Waals surface area contributed by atoms with Crippen molar-refractivity contribution in [3.8, 4) is 5.88 Å². The molecule has 2 saturated heterocycles. The van der Waals surface area contributed by atoms with E-state index in [1.54, 1.807) is 29.2 Å². The van der Waals surface area contributed by atoms with Gasteiger partial charge < -0.3 is 19.5 Å². The van der Waals surface area contributed by atoms with Crippen LogP contribution in [0.15, 0.2) is 36.7 Å². The van der Waals surface area contributed by atoms with Crippen molar-refractivity contribution >= 4 is 5.91 Å². The van der Waals surface area contributed by atoms with Crippen LogP contribution in [-0.2, 0) is 16.5 Å². The van der Waals surface area contributed by atoms with E-state index in [0.29, 0.717) is 37.7 Å². The number of carbonyl (C=O) groups excluding carboxylic acids is 1. The summed E-state index contributed by atoms with van der Waals surface area (Å²) in [5.41, 5.74) is -0.804. The van der Waals surface area contributed by atoms with Crippen molar-refractivity contribution in [3.63, 3.8) is 0 Å². The van der Waals surface area contributed by atoms with E-state index in [1.807, 2.05) is 0 Å². The lowest BCUT2D eigenvalue weighted by atomic mass is 9.91. The van der Waals surface area contributed by atoms with Gasteiger partial charge in [0.2, 0.25) is 5.88 Å². The Morgan fingerprint density at radius 1 is 1.13 bits per heavy atom. The number of likely N-dealkylation sites (tertiary alicyclic amines) is 1. The summed E-state index contributed by atoms with van der Waals surface area (Å²) in [5.74, 6) is -0.0903. The molecule has 10 heteroatoms. The number of ether oxygens (including phenoxy) is 2. The zero-order valence-corrected chi connectivity index (χ0v) is 15.9. The van der Waals surface area contributed by atoms with Crippen LogP contribution in [0.2, 0.25) is 0 Å². The quantitative estimate of drug-likeness (QED) is 0.813. The normalized spacial score (nSPS) is 19.3. The number of hydrogen-bond donors (Lipinski definition) is 1. The highest BCUT2D eigenvalue weighted by atomic mass is 19.4. The first kappa shape index (κ1) is 20.5. The standard InChI is InChI=1S/C20H20F3N3O4/c21-20(22,23)16-9-25-17(10-24-16)30-15-5-7-26(8-6-15)18(27)13-1-3-14(4-2-13)19(28)11-29-12-19/h1-4,9-10,15,28H,5-8,11-12H2. The molecule has 0 aliphatic carbocycles. The number of benzene rings is 1. The minimum absolute atomic E-state index is 0.0290. The molecule has 0 saturated carbocycles. The van der Waals surface area contributed by atoms with Gasteiger partial charge in [0.15, 0.2) is 5.69 Å². The summed E-state index contributed by atoms with van der Waals surface area (Å²) in [5, 5.41) is 10.3. The molecule has 0 spiro atoms. The number of piperidine rings is 1. The summed E-state index contributed by atoms with van der Waals surface area (Å²) in [6.45, 7) is 1.41. The van der Waals surface area contributed by atoms with Crippen molar-refractivity contribution < 1.29 is 32.5 Å². The lowest BCUT2D eigenvalue weighted by Gasteiger charge is -2.36. The maximum atomic E-state index is 12.7. The summed E-state index contributed by atoms with van der Waals surface area (Å²) in [4.78, 5) is 21.4. The number of hydrogen-bond acceptors (Lipinski definition) is 6. The SMILES string of the molecule is O=C(c1ccc(C2(O)COC2)cc1)N1CCC(Oc2cnc(C(F)(F)F)cn2)CC1. The third-order valence-electron chi connectivity index (χ3n) is 5.29. The molecule has 0 unspecified atom stereocenters. The fourth-order valence-electron chi connectivity index (χ4n) is 3.44. The molecule has 30 heavy (non-hydrogen) atoms. The van der Waals surface area contributed by atoms with Gasteiger partial charge in [-0.2, -0.15) is 13.2 Å². The Bertz CT molecular complexity index is 891. The number of halogens is 3. The number of nitrogens with zero attached hydrogens (tertiary/aromatic N) is 3. The molecule has 2 fully saturated rings. The molecule has 7 nitrogen and oxygen atoms in total. The summed E-state index contributed by atoms with van der Waals surface area (Å²) in [6.07, 6.45) is -2.13. The van der Waals surface area contributed by atoms with Gasteiger partial charge >= 0.3 is 6.18 Å². The molecule has 0 bridgehead atoms. The van der Waals surface area contributed by atoms with E-state index < -0.39 is 17.5 Å². The smallest absolute Gasteiger partial charge is 0.434 e. The minimum atomic E-state index is -4.54. The number of carbonyl (C=O) groups is 1. The van der Waals surface area contributed by atoms with E-state index in [9.17, 15) is 23.1 Å². The van der Waals surface area contributed by atoms with Gasteiger partial charge in [0.1, 0.15) is 11.7 Å². The van der Waals surface area contributed by atoms with Crippen molar-refractivity contribution in [1.29, 1.82) is 0 Å². The molecule has 160 valence electrons. The molecule has 1 amide bonds. The van der Waals surface area contributed by atoms with Crippen molar-refractivity contribution in [2.75, 3.05) is 26.3 Å². The van der Waals surface area contributed by atoms with Gasteiger partial charge in [0.05, 0.1) is 25.6 Å². The summed E-state index contributed by atoms with van der Waals surface area (Å²) in [7, 11) is 0. The van der Waals surface area contributed by atoms with Gasteiger partial charge in [-0.1, -0.05) is 12.1 Å². The first-order valence-corrected chi connectivity index (χ1v) is 9.50. The molecule has 0 radical (unpaired) electrons. The molecule has 0 atom stereocenters. The fourth-order valence-corrected chi connectivity index (χ4v) is 3.44. The highest BCUT2D eigenvalue weighted by molar-refractivity contribution is 5.94. The predicted octanol–water partition coefficient (Wildman–Crippen LogP) is 2.40. The monoisotopic (exact) mass is 423 g/mol. The third kappa shape index (κ3) is 4.24. The Morgan fingerprint density at radius 3 is 2.30 bits per heavy atom. The average molecular weight is 423 g/mol. The molecule has 4 rings (SSSR count). The fraction of sp³-hybridized carbons (Fsp3) is 0.450. The first-order chi connectivity index (χ1) is 14.2. The van der Waals surface area contributed by atoms with Crippen LogP contribution in [0.25, 0.3) is 0 Å². The number of alkyl halides is 3. The van der Waals surface area contributed by atoms with Crippen molar-refractivity contribution in [2.45, 2.75) is 30.7 Å². The van der Waals surface area contributed by atoms with E-state index in [-0.39, 0.29) is 31.1 Å². The van der Waals surface area contributed by atoms with Gasteiger partial charge in [0, 0.05) is 31.5 Å². The Hall–Kier alpha value is -2.72. The second kappa shape index (κ2) is 7.84. The molecular weight excluding hydrogens is 403 g/mol. The molecule has 1 aromatic carbocycles. The topological polar surface area (TPSA) is 84.8 Å². The predicted molar refractivity (Wildman–Crippen MR) is 97.7 cm³/mol. The first-order valence-electron chi connectivity index (χ1n) is 9.50. The van der Waals surface area contributed by atoms with Crippen LogP contribution < -0.4 is 4.74 Å². The van der Waals surface area contributed by atoms with Gasteiger partial charge in [-0.05, 0) is 17.7 Å². The van der Waals surface area contributed by atoms with Crippen LogP contribution >= 0.6 is 0 Å². The van der Waals surface area contributed by atoms with Crippen molar-refractivity contribution in [2.24, 2.45) is 0 Å². The minimum Gasteiger partial charge on any atom is -0.473 e. The zero-order valence-electron chi connectivity index (χ0n) is 15.9.